The number of urea groups is 1. The maximum Gasteiger partial charge on any atom is 0.326 e. The summed E-state index contributed by atoms with van der Waals surface area (Å²) in [5, 5.41) is 2.87. The Morgan fingerprint density at radius 1 is 1.29 bits per heavy atom. The van der Waals surface area contributed by atoms with Crippen molar-refractivity contribution in [2.24, 2.45) is 5.92 Å². The molecule has 21 heavy (non-hydrogen) atoms. The lowest BCUT2D eigenvalue weighted by Gasteiger charge is -2.24. The zero-order valence-corrected chi connectivity index (χ0v) is 12.5. The number of amides is 3. The molecule has 1 atom stereocenters. The normalized spacial score (nSPS) is 25.6. The molecule has 1 aliphatic carbocycles. The van der Waals surface area contributed by atoms with Crippen LogP contribution in [-0.4, -0.2) is 41.0 Å². The van der Waals surface area contributed by atoms with E-state index in [1.54, 1.807) is 0 Å². The molecule has 0 bridgehead atoms. The molecule has 0 aromatic heterocycles. The number of hydrogen-bond donors (Lipinski definition) is 1. The monoisotopic (exact) mass is 287 g/mol. The summed E-state index contributed by atoms with van der Waals surface area (Å²) in [4.78, 5) is 27.9. The predicted molar refractivity (Wildman–Crippen MR) is 79.3 cm³/mol. The minimum Gasteiger partial charge on any atom is -0.323 e. The number of nitrogens with one attached hydrogen (secondary N) is 1. The van der Waals surface area contributed by atoms with Gasteiger partial charge in [0.25, 0.3) is 5.91 Å². The van der Waals surface area contributed by atoms with Gasteiger partial charge in [-0.15, -0.1) is 0 Å². The molecule has 2 fully saturated rings. The zero-order valence-electron chi connectivity index (χ0n) is 12.5. The van der Waals surface area contributed by atoms with Gasteiger partial charge in [0.2, 0.25) is 0 Å². The summed E-state index contributed by atoms with van der Waals surface area (Å²) >= 11 is 0. The Morgan fingerprint density at radius 3 is 2.57 bits per heavy atom. The Hall–Kier alpha value is -1.88. The first-order chi connectivity index (χ1) is 10.0. The Labute approximate surface area is 124 Å². The van der Waals surface area contributed by atoms with Gasteiger partial charge in [0.15, 0.2) is 0 Å². The number of nitrogens with zero attached hydrogens (tertiary/aromatic N) is 2. The van der Waals surface area contributed by atoms with Gasteiger partial charge in [-0.05, 0) is 38.3 Å². The molecule has 1 saturated carbocycles. The second-order valence-electron chi connectivity index (χ2n) is 6.28. The fourth-order valence-electron chi connectivity index (χ4n) is 2.97. The van der Waals surface area contributed by atoms with Crippen molar-refractivity contribution in [1.82, 2.24) is 15.1 Å². The molecule has 1 aliphatic heterocycles. The Bertz CT molecular complexity index is 556. The van der Waals surface area contributed by atoms with Crippen LogP contribution in [0.15, 0.2) is 30.3 Å². The smallest absolute Gasteiger partial charge is 0.323 e. The molecule has 3 amide bonds. The predicted octanol–water partition coefficient (Wildman–Crippen LogP) is 1.80. The van der Waals surface area contributed by atoms with Crippen molar-refractivity contribution in [2.45, 2.75) is 31.8 Å². The highest BCUT2D eigenvalue weighted by Gasteiger charge is 2.55. The van der Waals surface area contributed by atoms with Gasteiger partial charge in [0.05, 0.1) is 6.67 Å². The first-order valence-corrected chi connectivity index (χ1v) is 7.37. The maximum atomic E-state index is 12.5. The standard InChI is InChI=1S/C16H21N3O2/c1-16(13-8-9-13)14(20)19(15(21)17-16)11-18(2)10-12-6-4-3-5-7-12/h3-7,13H,8-11H2,1-2H3,(H,17,21)/t16-/m1/s1. The van der Waals surface area contributed by atoms with E-state index < -0.39 is 5.54 Å². The van der Waals surface area contributed by atoms with Gasteiger partial charge in [-0.3, -0.25) is 9.69 Å². The van der Waals surface area contributed by atoms with Gasteiger partial charge in [-0.1, -0.05) is 30.3 Å². The highest BCUT2D eigenvalue weighted by atomic mass is 16.2. The SMILES string of the molecule is CN(Cc1ccccc1)CN1C(=O)N[C@](C)(C2CC2)C1=O. The summed E-state index contributed by atoms with van der Waals surface area (Å²) in [6.45, 7) is 2.88. The molecule has 1 N–H and O–H groups in total. The van der Waals surface area contributed by atoms with E-state index in [9.17, 15) is 9.59 Å². The topological polar surface area (TPSA) is 52.6 Å². The van der Waals surface area contributed by atoms with Crippen LogP contribution in [-0.2, 0) is 11.3 Å². The van der Waals surface area contributed by atoms with Crippen LogP contribution in [0.1, 0.15) is 25.3 Å². The summed E-state index contributed by atoms with van der Waals surface area (Å²) < 4.78 is 0. The number of imide groups is 1. The van der Waals surface area contributed by atoms with Crippen LogP contribution < -0.4 is 5.32 Å². The van der Waals surface area contributed by atoms with Gasteiger partial charge < -0.3 is 5.32 Å². The van der Waals surface area contributed by atoms with E-state index in [1.807, 2.05) is 49.2 Å². The van der Waals surface area contributed by atoms with Gasteiger partial charge in [-0.2, -0.15) is 0 Å². The number of benzene rings is 1. The Balaban J connectivity index is 1.64. The van der Waals surface area contributed by atoms with E-state index in [0.29, 0.717) is 19.1 Å². The second-order valence-corrected chi connectivity index (χ2v) is 6.28. The Kier molecular flexibility index (Phi) is 3.45. The van der Waals surface area contributed by atoms with Crippen LogP contribution in [0.25, 0.3) is 0 Å². The van der Waals surface area contributed by atoms with Crippen LogP contribution >= 0.6 is 0 Å². The van der Waals surface area contributed by atoms with Crippen molar-refractivity contribution in [3.63, 3.8) is 0 Å². The molecular formula is C16H21N3O2. The third-order valence-electron chi connectivity index (χ3n) is 4.37. The van der Waals surface area contributed by atoms with E-state index in [-0.39, 0.29) is 11.9 Å². The van der Waals surface area contributed by atoms with E-state index in [2.05, 4.69) is 5.32 Å². The van der Waals surface area contributed by atoms with Crippen molar-refractivity contribution in [3.05, 3.63) is 35.9 Å². The van der Waals surface area contributed by atoms with E-state index in [0.717, 1.165) is 18.4 Å². The van der Waals surface area contributed by atoms with Crippen LogP contribution in [0.5, 0.6) is 0 Å². The third-order valence-corrected chi connectivity index (χ3v) is 4.37. The molecule has 0 unspecified atom stereocenters. The van der Waals surface area contributed by atoms with Crippen LogP contribution in [0.4, 0.5) is 4.79 Å². The van der Waals surface area contributed by atoms with Crippen molar-refractivity contribution >= 4 is 11.9 Å². The third kappa shape index (κ3) is 2.65. The molecule has 1 aromatic rings. The fourth-order valence-corrected chi connectivity index (χ4v) is 2.97. The number of carbonyl (C=O) groups excluding carboxylic acids is 2. The minimum atomic E-state index is -0.690. The average Bonchev–Trinajstić information content (AvgIpc) is 3.26. The molecule has 112 valence electrons. The summed E-state index contributed by atoms with van der Waals surface area (Å²) in [7, 11) is 1.92. The minimum absolute atomic E-state index is 0.0880. The van der Waals surface area contributed by atoms with Crippen molar-refractivity contribution in [3.8, 4) is 0 Å². The highest BCUT2D eigenvalue weighted by Crippen LogP contribution is 2.42. The molecule has 1 aromatic carbocycles. The first kappa shape index (κ1) is 14.1. The molecule has 1 saturated heterocycles. The maximum absolute atomic E-state index is 12.5. The number of hydrogen-bond acceptors (Lipinski definition) is 3. The first-order valence-electron chi connectivity index (χ1n) is 7.37. The average molecular weight is 287 g/mol. The second kappa shape index (κ2) is 5.15. The molecule has 3 rings (SSSR count). The van der Waals surface area contributed by atoms with E-state index in [4.69, 9.17) is 0 Å². The molecule has 5 nitrogen and oxygen atoms in total. The lowest BCUT2D eigenvalue weighted by molar-refractivity contribution is -0.132. The van der Waals surface area contributed by atoms with Crippen LogP contribution in [0, 0.1) is 5.92 Å². The van der Waals surface area contributed by atoms with Gasteiger partial charge in [-0.25, -0.2) is 9.69 Å². The summed E-state index contributed by atoms with van der Waals surface area (Å²) in [6.07, 6.45) is 2.05. The van der Waals surface area contributed by atoms with Gasteiger partial charge in [0, 0.05) is 6.54 Å². The molecule has 0 spiro atoms. The summed E-state index contributed by atoms with van der Waals surface area (Å²) in [5.41, 5.74) is 0.474. The van der Waals surface area contributed by atoms with Crippen molar-refractivity contribution in [2.75, 3.05) is 13.7 Å². The summed E-state index contributed by atoms with van der Waals surface area (Å²) in [6, 6.07) is 9.76. The number of rotatable bonds is 5. The number of carbonyl (C=O) groups is 2. The molecule has 1 heterocycles. The van der Waals surface area contributed by atoms with Gasteiger partial charge >= 0.3 is 6.03 Å². The largest absolute Gasteiger partial charge is 0.326 e. The van der Waals surface area contributed by atoms with Crippen LogP contribution in [0.3, 0.4) is 0 Å². The van der Waals surface area contributed by atoms with Crippen molar-refractivity contribution in [1.29, 1.82) is 0 Å². The lowest BCUT2D eigenvalue weighted by Crippen LogP contribution is -2.46. The van der Waals surface area contributed by atoms with E-state index in [1.165, 1.54) is 4.90 Å². The molecule has 5 heteroatoms. The molecule has 0 radical (unpaired) electrons. The quantitative estimate of drug-likeness (QED) is 0.840. The molecular weight excluding hydrogens is 266 g/mol. The summed E-state index contributed by atoms with van der Waals surface area (Å²) in [5.74, 6) is 0.216. The highest BCUT2D eigenvalue weighted by molar-refractivity contribution is 6.07. The van der Waals surface area contributed by atoms with Gasteiger partial charge in [0.1, 0.15) is 5.54 Å². The zero-order chi connectivity index (χ0) is 15.0. The molecule has 2 aliphatic rings. The fraction of sp³-hybridized carbons (Fsp3) is 0.500. The van der Waals surface area contributed by atoms with Crippen molar-refractivity contribution < 1.29 is 9.59 Å². The lowest BCUT2D eigenvalue weighted by atomic mass is 9.96. The van der Waals surface area contributed by atoms with E-state index >= 15 is 0 Å². The van der Waals surface area contributed by atoms with Crippen LogP contribution in [0.2, 0.25) is 0 Å². The Morgan fingerprint density at radius 2 is 1.95 bits per heavy atom.